The van der Waals surface area contributed by atoms with Crippen molar-refractivity contribution in [1.29, 1.82) is 0 Å². The fourth-order valence-electron chi connectivity index (χ4n) is 2.98. The van der Waals surface area contributed by atoms with Crippen molar-refractivity contribution in [2.45, 2.75) is 52.9 Å². The second-order valence-electron chi connectivity index (χ2n) is 6.58. The molecule has 1 aliphatic carbocycles. The van der Waals surface area contributed by atoms with Gasteiger partial charge in [-0.1, -0.05) is 27.2 Å². The van der Waals surface area contributed by atoms with Crippen LogP contribution in [0.2, 0.25) is 0 Å². The van der Waals surface area contributed by atoms with Crippen molar-refractivity contribution in [2.24, 2.45) is 16.3 Å². The van der Waals surface area contributed by atoms with Crippen LogP contribution in [0.1, 0.15) is 52.9 Å². The molecule has 0 spiro atoms. The highest BCUT2D eigenvalue weighted by molar-refractivity contribution is 5.86. The van der Waals surface area contributed by atoms with Gasteiger partial charge in [0.05, 0.1) is 6.54 Å². The Bertz CT molecular complexity index is 348. The predicted octanol–water partition coefficient (Wildman–Crippen LogP) is 1.89. The highest BCUT2D eigenvalue weighted by atomic mass is 16.1. The molecule has 0 heterocycles. The predicted molar refractivity (Wildman–Crippen MR) is 88.4 cm³/mol. The molecule has 1 aliphatic rings. The number of nitrogens with zero attached hydrogens (tertiary/aromatic N) is 1. The molecule has 5 heteroatoms. The second kappa shape index (κ2) is 8.90. The van der Waals surface area contributed by atoms with E-state index in [1.807, 2.05) is 6.92 Å². The summed E-state index contributed by atoms with van der Waals surface area (Å²) in [7, 11) is 1.75. The van der Waals surface area contributed by atoms with Crippen molar-refractivity contribution in [3.8, 4) is 0 Å². The molecule has 0 aromatic carbocycles. The SMILES string of the molecule is CCCNC(=O)CNC(=NC)NCC1(CC(C)C)CCC1. The molecule has 0 saturated heterocycles. The van der Waals surface area contributed by atoms with Crippen LogP contribution in [-0.4, -0.2) is 38.5 Å². The number of nitrogens with one attached hydrogen (secondary N) is 3. The number of guanidine groups is 1. The normalized spacial score (nSPS) is 17.3. The molecule has 3 N–H and O–H groups in total. The van der Waals surface area contributed by atoms with Gasteiger partial charge in [-0.3, -0.25) is 9.79 Å². The lowest BCUT2D eigenvalue weighted by Crippen LogP contribution is -2.48. The van der Waals surface area contributed by atoms with Crippen molar-refractivity contribution in [1.82, 2.24) is 16.0 Å². The standard InChI is InChI=1S/C16H32N4O/c1-5-9-18-14(21)11-19-15(17-4)20-12-16(7-6-8-16)10-13(2)3/h13H,5-12H2,1-4H3,(H,18,21)(H2,17,19,20). The van der Waals surface area contributed by atoms with Crippen molar-refractivity contribution >= 4 is 11.9 Å². The van der Waals surface area contributed by atoms with E-state index in [9.17, 15) is 4.79 Å². The van der Waals surface area contributed by atoms with Gasteiger partial charge in [0.15, 0.2) is 5.96 Å². The van der Waals surface area contributed by atoms with Crippen LogP contribution >= 0.6 is 0 Å². The Hall–Kier alpha value is -1.26. The van der Waals surface area contributed by atoms with E-state index in [2.05, 4.69) is 34.8 Å². The minimum absolute atomic E-state index is 0.0142. The van der Waals surface area contributed by atoms with Gasteiger partial charge in [0.2, 0.25) is 5.91 Å². The van der Waals surface area contributed by atoms with Gasteiger partial charge in [-0.05, 0) is 37.0 Å². The van der Waals surface area contributed by atoms with Gasteiger partial charge in [0.25, 0.3) is 0 Å². The lowest BCUT2D eigenvalue weighted by molar-refractivity contribution is -0.120. The number of hydrogen-bond donors (Lipinski definition) is 3. The van der Waals surface area contributed by atoms with E-state index in [0.717, 1.165) is 31.4 Å². The Kier molecular flexibility index (Phi) is 7.54. The van der Waals surface area contributed by atoms with Crippen LogP contribution in [-0.2, 0) is 4.79 Å². The highest BCUT2D eigenvalue weighted by Crippen LogP contribution is 2.45. The number of amides is 1. The molecule has 1 fully saturated rings. The molecule has 0 aromatic heterocycles. The smallest absolute Gasteiger partial charge is 0.239 e. The molecule has 1 saturated carbocycles. The molecule has 21 heavy (non-hydrogen) atoms. The summed E-state index contributed by atoms with van der Waals surface area (Å²) in [6, 6.07) is 0. The van der Waals surface area contributed by atoms with E-state index >= 15 is 0 Å². The topological polar surface area (TPSA) is 65.5 Å². The first-order valence-corrected chi connectivity index (χ1v) is 8.22. The molecule has 0 bridgehead atoms. The minimum Gasteiger partial charge on any atom is -0.356 e. The Morgan fingerprint density at radius 2 is 1.95 bits per heavy atom. The summed E-state index contributed by atoms with van der Waals surface area (Å²) in [5, 5.41) is 9.32. The molecule has 1 amide bonds. The summed E-state index contributed by atoms with van der Waals surface area (Å²) >= 11 is 0. The van der Waals surface area contributed by atoms with E-state index in [0.29, 0.717) is 5.41 Å². The maximum absolute atomic E-state index is 11.6. The summed E-state index contributed by atoms with van der Waals surface area (Å²) < 4.78 is 0. The van der Waals surface area contributed by atoms with Gasteiger partial charge >= 0.3 is 0 Å². The molecule has 122 valence electrons. The summed E-state index contributed by atoms with van der Waals surface area (Å²) in [6.45, 7) is 8.56. The number of aliphatic imine (C=N–C) groups is 1. The third kappa shape index (κ3) is 6.36. The van der Waals surface area contributed by atoms with Crippen LogP contribution < -0.4 is 16.0 Å². The quantitative estimate of drug-likeness (QED) is 0.473. The molecule has 0 aliphatic heterocycles. The zero-order valence-electron chi connectivity index (χ0n) is 14.1. The zero-order valence-corrected chi connectivity index (χ0v) is 14.1. The van der Waals surface area contributed by atoms with Crippen LogP contribution in [0.15, 0.2) is 4.99 Å². The Morgan fingerprint density at radius 1 is 1.24 bits per heavy atom. The van der Waals surface area contributed by atoms with E-state index in [-0.39, 0.29) is 12.5 Å². The third-order valence-corrected chi connectivity index (χ3v) is 4.10. The monoisotopic (exact) mass is 296 g/mol. The van der Waals surface area contributed by atoms with Crippen molar-refractivity contribution in [3.63, 3.8) is 0 Å². The molecule has 5 nitrogen and oxygen atoms in total. The van der Waals surface area contributed by atoms with Gasteiger partial charge in [0.1, 0.15) is 0 Å². The lowest BCUT2D eigenvalue weighted by Gasteiger charge is -2.43. The second-order valence-corrected chi connectivity index (χ2v) is 6.58. The summed E-state index contributed by atoms with van der Waals surface area (Å²) in [5.41, 5.74) is 0.427. The van der Waals surface area contributed by atoms with Crippen molar-refractivity contribution in [3.05, 3.63) is 0 Å². The van der Waals surface area contributed by atoms with E-state index < -0.39 is 0 Å². The Morgan fingerprint density at radius 3 is 2.43 bits per heavy atom. The van der Waals surface area contributed by atoms with Crippen molar-refractivity contribution in [2.75, 3.05) is 26.7 Å². The van der Waals surface area contributed by atoms with Crippen LogP contribution in [0, 0.1) is 11.3 Å². The molecule has 0 unspecified atom stereocenters. The van der Waals surface area contributed by atoms with Gasteiger partial charge < -0.3 is 16.0 Å². The summed E-state index contributed by atoms with van der Waals surface area (Å²) in [5.74, 6) is 1.46. The average Bonchev–Trinajstić information content (AvgIpc) is 2.41. The summed E-state index contributed by atoms with van der Waals surface area (Å²) in [6.07, 6.45) is 6.14. The fourth-order valence-corrected chi connectivity index (χ4v) is 2.98. The summed E-state index contributed by atoms with van der Waals surface area (Å²) in [4.78, 5) is 15.8. The van der Waals surface area contributed by atoms with Gasteiger partial charge in [-0.25, -0.2) is 0 Å². The maximum atomic E-state index is 11.6. The Balaban J connectivity index is 2.32. The fraction of sp³-hybridized carbons (Fsp3) is 0.875. The van der Waals surface area contributed by atoms with E-state index in [1.165, 1.54) is 25.7 Å². The maximum Gasteiger partial charge on any atom is 0.239 e. The average molecular weight is 296 g/mol. The lowest BCUT2D eigenvalue weighted by atomic mass is 9.64. The number of carbonyl (C=O) groups is 1. The number of rotatable bonds is 8. The first kappa shape index (κ1) is 17.8. The van der Waals surface area contributed by atoms with E-state index in [1.54, 1.807) is 7.05 Å². The molecule has 0 radical (unpaired) electrons. The van der Waals surface area contributed by atoms with Gasteiger partial charge in [-0.2, -0.15) is 0 Å². The van der Waals surface area contributed by atoms with Crippen LogP contribution in [0.3, 0.4) is 0 Å². The zero-order chi connectivity index (χ0) is 15.7. The first-order chi connectivity index (χ1) is 10.0. The van der Waals surface area contributed by atoms with E-state index in [4.69, 9.17) is 0 Å². The largest absolute Gasteiger partial charge is 0.356 e. The third-order valence-electron chi connectivity index (χ3n) is 4.10. The molecule has 1 rings (SSSR count). The molecular formula is C16H32N4O. The van der Waals surface area contributed by atoms with Crippen LogP contribution in [0.25, 0.3) is 0 Å². The van der Waals surface area contributed by atoms with Crippen LogP contribution in [0.5, 0.6) is 0 Å². The highest BCUT2D eigenvalue weighted by Gasteiger charge is 2.37. The van der Waals surface area contributed by atoms with Gasteiger partial charge in [-0.15, -0.1) is 0 Å². The number of carbonyl (C=O) groups excluding carboxylic acids is 1. The number of hydrogen-bond acceptors (Lipinski definition) is 2. The molecule has 0 atom stereocenters. The van der Waals surface area contributed by atoms with Crippen LogP contribution in [0.4, 0.5) is 0 Å². The van der Waals surface area contributed by atoms with Crippen molar-refractivity contribution < 1.29 is 4.79 Å². The minimum atomic E-state index is 0.0142. The first-order valence-electron chi connectivity index (χ1n) is 8.22. The molecule has 0 aromatic rings. The van der Waals surface area contributed by atoms with Gasteiger partial charge in [0, 0.05) is 20.1 Å². The Labute approximate surface area is 129 Å². The molecular weight excluding hydrogens is 264 g/mol.